The van der Waals surface area contributed by atoms with Crippen molar-refractivity contribution in [2.75, 3.05) is 18.9 Å². The molecule has 0 saturated heterocycles. The van der Waals surface area contributed by atoms with Crippen LogP contribution >= 0.6 is 23.2 Å². The van der Waals surface area contributed by atoms with Gasteiger partial charge in [0, 0.05) is 29.3 Å². The van der Waals surface area contributed by atoms with Gasteiger partial charge < -0.3 is 10.2 Å². The predicted molar refractivity (Wildman–Crippen MR) is 93.6 cm³/mol. The van der Waals surface area contributed by atoms with Crippen molar-refractivity contribution >= 4 is 40.6 Å². The van der Waals surface area contributed by atoms with Gasteiger partial charge in [-0.1, -0.05) is 36.5 Å². The number of hydrogen-bond donors (Lipinski definition) is 1. The summed E-state index contributed by atoms with van der Waals surface area (Å²) in [4.78, 5) is 13.8. The van der Waals surface area contributed by atoms with Gasteiger partial charge in [-0.2, -0.15) is 0 Å². The van der Waals surface area contributed by atoms with Crippen LogP contribution in [0, 0.1) is 0 Å². The summed E-state index contributed by atoms with van der Waals surface area (Å²) in [6, 6.07) is 8.45. The van der Waals surface area contributed by atoms with E-state index < -0.39 is 0 Å². The van der Waals surface area contributed by atoms with Gasteiger partial charge in [0.1, 0.15) is 0 Å². The minimum Gasteiger partial charge on any atom is -0.340 e. The quantitative estimate of drug-likeness (QED) is 0.836. The molecular weight excluding hydrogens is 335 g/mol. The summed E-state index contributed by atoms with van der Waals surface area (Å²) < 4.78 is 0. The van der Waals surface area contributed by atoms with Gasteiger partial charge in [-0.25, -0.2) is 0 Å². The summed E-state index contributed by atoms with van der Waals surface area (Å²) in [5.41, 5.74) is 1.02. The van der Waals surface area contributed by atoms with Gasteiger partial charge in [0.25, 0.3) is 5.91 Å². The molecule has 0 aliphatic rings. The Kier molecular flexibility index (Phi) is 6.19. The molecule has 1 amide bonds. The molecule has 2 rings (SSSR count). The third-order valence-corrected chi connectivity index (χ3v) is 3.65. The fraction of sp³-hybridized carbons (Fsp3) is 0.312. The number of unbranched alkanes of at least 4 members (excludes halogenated alkanes) is 1. The van der Waals surface area contributed by atoms with Crippen LogP contribution in [0.25, 0.3) is 0 Å². The molecule has 0 atom stereocenters. The van der Waals surface area contributed by atoms with Crippen LogP contribution in [-0.4, -0.2) is 34.6 Å². The summed E-state index contributed by atoms with van der Waals surface area (Å²) in [6.07, 6.45) is 2.00. The predicted octanol–water partition coefficient (Wildman–Crippen LogP) is 4.40. The average Bonchev–Trinajstić information content (AvgIpc) is 2.51. The summed E-state index contributed by atoms with van der Waals surface area (Å²) in [6.45, 7) is 2.79. The molecule has 2 aromatic rings. The fourth-order valence-corrected chi connectivity index (χ4v) is 2.51. The van der Waals surface area contributed by atoms with Crippen molar-refractivity contribution < 1.29 is 4.79 Å². The second kappa shape index (κ2) is 8.13. The number of nitrogens with one attached hydrogen (secondary N) is 1. The minimum absolute atomic E-state index is 0.136. The SMILES string of the molecule is CCCCN(C)C(=O)c1ccc(Nc2cc(Cl)cc(Cl)c2)nn1. The van der Waals surface area contributed by atoms with E-state index in [9.17, 15) is 4.79 Å². The maximum atomic E-state index is 12.2. The van der Waals surface area contributed by atoms with Crippen LogP contribution in [0.2, 0.25) is 10.0 Å². The number of benzene rings is 1. The average molecular weight is 353 g/mol. The molecule has 0 unspecified atom stereocenters. The third-order valence-electron chi connectivity index (χ3n) is 3.21. The van der Waals surface area contributed by atoms with Gasteiger partial charge in [-0.3, -0.25) is 4.79 Å². The Labute approximate surface area is 145 Å². The molecule has 7 heteroatoms. The van der Waals surface area contributed by atoms with Crippen LogP contribution in [0.5, 0.6) is 0 Å². The molecule has 0 radical (unpaired) electrons. The Bertz CT molecular complexity index is 656. The number of nitrogens with zero attached hydrogens (tertiary/aromatic N) is 3. The third kappa shape index (κ3) is 5.08. The molecule has 0 spiro atoms. The molecule has 5 nitrogen and oxygen atoms in total. The van der Waals surface area contributed by atoms with E-state index in [-0.39, 0.29) is 5.91 Å². The molecule has 1 aromatic carbocycles. The molecular formula is C16H18Cl2N4O. The number of amides is 1. The second-order valence-electron chi connectivity index (χ2n) is 5.17. The van der Waals surface area contributed by atoms with Gasteiger partial charge in [-0.05, 0) is 36.8 Å². The van der Waals surface area contributed by atoms with E-state index in [1.165, 1.54) is 0 Å². The molecule has 23 heavy (non-hydrogen) atoms. The van der Waals surface area contributed by atoms with Crippen LogP contribution in [0.4, 0.5) is 11.5 Å². The Morgan fingerprint density at radius 1 is 1.17 bits per heavy atom. The monoisotopic (exact) mass is 352 g/mol. The summed E-state index contributed by atoms with van der Waals surface area (Å²) in [7, 11) is 1.76. The number of halogens is 2. The van der Waals surface area contributed by atoms with Crippen molar-refractivity contribution in [3.63, 3.8) is 0 Å². The van der Waals surface area contributed by atoms with Crippen molar-refractivity contribution in [3.05, 3.63) is 46.1 Å². The number of anilines is 2. The standard InChI is InChI=1S/C16H18Cl2N4O/c1-3-4-7-22(2)16(23)14-5-6-15(21-20-14)19-13-9-11(17)8-12(18)10-13/h5-6,8-10H,3-4,7H2,1-2H3,(H,19,21). The molecule has 1 aromatic heterocycles. The Hall–Kier alpha value is -1.85. The maximum Gasteiger partial charge on any atom is 0.274 e. The van der Waals surface area contributed by atoms with E-state index in [1.807, 2.05) is 0 Å². The summed E-state index contributed by atoms with van der Waals surface area (Å²) in [5.74, 6) is 0.374. The van der Waals surface area contributed by atoms with Gasteiger partial charge in [0.05, 0.1) is 0 Å². The van der Waals surface area contributed by atoms with Crippen LogP contribution in [0.3, 0.4) is 0 Å². The van der Waals surface area contributed by atoms with Crippen molar-refractivity contribution in [3.8, 4) is 0 Å². The smallest absolute Gasteiger partial charge is 0.274 e. The Balaban J connectivity index is 2.05. The molecule has 1 N–H and O–H groups in total. The lowest BCUT2D eigenvalue weighted by molar-refractivity contribution is 0.0786. The van der Waals surface area contributed by atoms with Crippen LogP contribution < -0.4 is 5.32 Å². The number of carbonyl (C=O) groups is 1. The topological polar surface area (TPSA) is 58.1 Å². The van der Waals surface area contributed by atoms with Crippen molar-refractivity contribution in [1.82, 2.24) is 15.1 Å². The van der Waals surface area contributed by atoms with E-state index in [4.69, 9.17) is 23.2 Å². The lowest BCUT2D eigenvalue weighted by Gasteiger charge is -2.15. The zero-order valence-electron chi connectivity index (χ0n) is 13.0. The normalized spacial score (nSPS) is 10.4. The highest BCUT2D eigenvalue weighted by molar-refractivity contribution is 6.35. The van der Waals surface area contributed by atoms with E-state index in [1.54, 1.807) is 42.3 Å². The lowest BCUT2D eigenvalue weighted by atomic mass is 10.3. The molecule has 1 heterocycles. The van der Waals surface area contributed by atoms with Crippen LogP contribution in [0.1, 0.15) is 30.3 Å². The minimum atomic E-state index is -0.136. The van der Waals surface area contributed by atoms with E-state index in [0.717, 1.165) is 12.8 Å². The summed E-state index contributed by atoms with van der Waals surface area (Å²) >= 11 is 11.9. The van der Waals surface area contributed by atoms with Crippen LogP contribution in [0.15, 0.2) is 30.3 Å². The van der Waals surface area contributed by atoms with Gasteiger partial charge in [-0.15, -0.1) is 10.2 Å². The molecule has 0 fully saturated rings. The molecule has 0 aliphatic carbocycles. The zero-order chi connectivity index (χ0) is 16.8. The number of hydrogen-bond acceptors (Lipinski definition) is 4. The number of carbonyl (C=O) groups excluding carboxylic acids is 1. The fourth-order valence-electron chi connectivity index (χ4n) is 1.98. The highest BCUT2D eigenvalue weighted by Crippen LogP contribution is 2.24. The van der Waals surface area contributed by atoms with Crippen molar-refractivity contribution in [2.24, 2.45) is 0 Å². The zero-order valence-corrected chi connectivity index (χ0v) is 14.5. The molecule has 0 saturated carbocycles. The molecule has 0 aliphatic heterocycles. The Morgan fingerprint density at radius 3 is 2.43 bits per heavy atom. The Morgan fingerprint density at radius 2 is 1.87 bits per heavy atom. The van der Waals surface area contributed by atoms with Crippen LogP contribution in [-0.2, 0) is 0 Å². The highest BCUT2D eigenvalue weighted by Gasteiger charge is 2.13. The van der Waals surface area contributed by atoms with E-state index >= 15 is 0 Å². The highest BCUT2D eigenvalue weighted by atomic mass is 35.5. The largest absolute Gasteiger partial charge is 0.340 e. The number of aromatic nitrogens is 2. The first-order valence-electron chi connectivity index (χ1n) is 7.32. The first kappa shape index (κ1) is 17.5. The van der Waals surface area contributed by atoms with E-state index in [2.05, 4.69) is 22.4 Å². The van der Waals surface area contributed by atoms with Crippen molar-refractivity contribution in [2.45, 2.75) is 19.8 Å². The lowest BCUT2D eigenvalue weighted by Crippen LogP contribution is -2.28. The first-order chi connectivity index (χ1) is 11.0. The van der Waals surface area contributed by atoms with Crippen molar-refractivity contribution in [1.29, 1.82) is 0 Å². The number of rotatable bonds is 6. The first-order valence-corrected chi connectivity index (χ1v) is 8.07. The summed E-state index contributed by atoms with van der Waals surface area (Å²) in [5, 5.41) is 12.1. The molecule has 0 bridgehead atoms. The van der Waals surface area contributed by atoms with Gasteiger partial charge >= 0.3 is 0 Å². The maximum absolute atomic E-state index is 12.2. The molecule has 122 valence electrons. The van der Waals surface area contributed by atoms with Gasteiger partial charge in [0.2, 0.25) is 0 Å². The van der Waals surface area contributed by atoms with E-state index in [0.29, 0.717) is 33.8 Å². The van der Waals surface area contributed by atoms with Gasteiger partial charge in [0.15, 0.2) is 11.5 Å². The second-order valence-corrected chi connectivity index (χ2v) is 6.04.